The van der Waals surface area contributed by atoms with Gasteiger partial charge in [0.2, 0.25) is 5.82 Å². The topological polar surface area (TPSA) is 71.3 Å². The molecule has 1 aliphatic rings. The fraction of sp³-hybridized carbons (Fsp3) is 0.643. The summed E-state index contributed by atoms with van der Waals surface area (Å²) in [6, 6.07) is 3.16. The van der Waals surface area contributed by atoms with E-state index in [2.05, 4.69) is 22.1 Å². The normalized spacial score (nSPS) is 16.1. The van der Waals surface area contributed by atoms with Crippen LogP contribution >= 0.6 is 0 Å². The van der Waals surface area contributed by atoms with Gasteiger partial charge in [0.1, 0.15) is 0 Å². The lowest BCUT2D eigenvalue weighted by molar-refractivity contribution is -0.384. The van der Waals surface area contributed by atoms with Crippen LogP contribution in [-0.2, 0) is 0 Å². The molecule has 0 spiro atoms. The summed E-state index contributed by atoms with van der Waals surface area (Å²) in [6.45, 7) is 5.82. The Labute approximate surface area is 119 Å². The van der Waals surface area contributed by atoms with Crippen LogP contribution in [0, 0.1) is 16.0 Å². The molecule has 2 heterocycles. The Bertz CT molecular complexity index is 447. The van der Waals surface area contributed by atoms with Gasteiger partial charge in [-0.3, -0.25) is 10.1 Å². The quantitative estimate of drug-likeness (QED) is 0.638. The van der Waals surface area contributed by atoms with Crippen LogP contribution < -0.4 is 10.2 Å². The van der Waals surface area contributed by atoms with Gasteiger partial charge in [-0.25, -0.2) is 4.98 Å². The second kappa shape index (κ2) is 7.19. The van der Waals surface area contributed by atoms with Gasteiger partial charge in [-0.2, -0.15) is 0 Å². The molecule has 6 heteroatoms. The van der Waals surface area contributed by atoms with E-state index in [1.807, 2.05) is 0 Å². The fourth-order valence-electron chi connectivity index (χ4n) is 2.70. The number of nitrogens with zero attached hydrogens (tertiary/aromatic N) is 3. The Balaban J connectivity index is 2.16. The van der Waals surface area contributed by atoms with E-state index in [9.17, 15) is 10.1 Å². The number of hydrogen-bond acceptors (Lipinski definition) is 5. The zero-order valence-electron chi connectivity index (χ0n) is 11.9. The predicted molar refractivity (Wildman–Crippen MR) is 79.0 cm³/mol. The van der Waals surface area contributed by atoms with Crippen LogP contribution in [0.5, 0.6) is 0 Å². The minimum Gasteiger partial charge on any atom is -0.351 e. The maximum absolute atomic E-state index is 11.2. The van der Waals surface area contributed by atoms with Crippen molar-refractivity contribution in [3.63, 3.8) is 0 Å². The first-order chi connectivity index (χ1) is 9.72. The van der Waals surface area contributed by atoms with E-state index in [-0.39, 0.29) is 10.6 Å². The third-order valence-corrected chi connectivity index (χ3v) is 3.69. The molecular weight excluding hydrogens is 256 g/mol. The number of hydrogen-bond donors (Lipinski definition) is 1. The van der Waals surface area contributed by atoms with Crippen molar-refractivity contribution in [1.82, 2.24) is 10.3 Å². The van der Waals surface area contributed by atoms with Crippen molar-refractivity contribution in [3.05, 3.63) is 28.4 Å². The molecule has 0 amide bonds. The lowest BCUT2D eigenvalue weighted by Crippen LogP contribution is -2.37. The van der Waals surface area contributed by atoms with Gasteiger partial charge in [0.15, 0.2) is 0 Å². The summed E-state index contributed by atoms with van der Waals surface area (Å²) in [7, 11) is 0. The molecule has 1 fully saturated rings. The van der Waals surface area contributed by atoms with Gasteiger partial charge in [0, 0.05) is 25.4 Å². The highest BCUT2D eigenvalue weighted by Crippen LogP contribution is 2.27. The molecule has 20 heavy (non-hydrogen) atoms. The molecule has 0 aromatic carbocycles. The standard InChI is InChI=1S/C14H22N4O2/c1-2-10-17(11-12-5-8-15-9-6-12)14-13(18(19)20)4-3-7-16-14/h3-4,7,12,15H,2,5-6,8-11H2,1H3. The summed E-state index contributed by atoms with van der Waals surface area (Å²) in [5.74, 6) is 1.10. The molecule has 0 unspecified atom stereocenters. The second-order valence-electron chi connectivity index (χ2n) is 5.24. The maximum Gasteiger partial charge on any atom is 0.311 e. The summed E-state index contributed by atoms with van der Waals surface area (Å²) in [6.07, 6.45) is 4.84. The first-order valence-electron chi connectivity index (χ1n) is 7.27. The van der Waals surface area contributed by atoms with E-state index >= 15 is 0 Å². The first-order valence-corrected chi connectivity index (χ1v) is 7.27. The van der Waals surface area contributed by atoms with Crippen LogP contribution in [0.3, 0.4) is 0 Å². The largest absolute Gasteiger partial charge is 0.351 e. The fourth-order valence-corrected chi connectivity index (χ4v) is 2.70. The van der Waals surface area contributed by atoms with E-state index in [1.54, 1.807) is 12.3 Å². The maximum atomic E-state index is 11.2. The third kappa shape index (κ3) is 3.66. The Morgan fingerprint density at radius 2 is 2.25 bits per heavy atom. The molecule has 0 aliphatic carbocycles. The minimum atomic E-state index is -0.340. The number of nitro groups is 1. The highest BCUT2D eigenvalue weighted by atomic mass is 16.6. The summed E-state index contributed by atoms with van der Waals surface area (Å²) in [5, 5.41) is 14.5. The highest BCUT2D eigenvalue weighted by molar-refractivity contribution is 5.57. The minimum absolute atomic E-state index is 0.106. The van der Waals surface area contributed by atoms with Gasteiger partial charge in [0.25, 0.3) is 0 Å². The van der Waals surface area contributed by atoms with E-state index in [0.29, 0.717) is 11.7 Å². The predicted octanol–water partition coefficient (Wildman–Crippen LogP) is 2.21. The van der Waals surface area contributed by atoms with E-state index in [0.717, 1.165) is 45.4 Å². The molecule has 0 radical (unpaired) electrons. The smallest absolute Gasteiger partial charge is 0.311 e. The summed E-state index contributed by atoms with van der Waals surface area (Å²) < 4.78 is 0. The van der Waals surface area contributed by atoms with Crippen molar-refractivity contribution in [2.75, 3.05) is 31.1 Å². The number of pyridine rings is 1. The van der Waals surface area contributed by atoms with E-state index in [4.69, 9.17) is 0 Å². The number of aromatic nitrogens is 1. The molecule has 1 aromatic rings. The number of anilines is 1. The van der Waals surface area contributed by atoms with Crippen molar-refractivity contribution in [2.24, 2.45) is 5.92 Å². The molecule has 1 aromatic heterocycles. The first kappa shape index (κ1) is 14.7. The number of nitrogens with one attached hydrogen (secondary N) is 1. The Morgan fingerprint density at radius 1 is 1.50 bits per heavy atom. The Hall–Kier alpha value is -1.69. The zero-order valence-corrected chi connectivity index (χ0v) is 11.9. The van der Waals surface area contributed by atoms with Crippen LogP contribution in [-0.4, -0.2) is 36.1 Å². The molecule has 2 rings (SSSR count). The summed E-state index contributed by atoms with van der Waals surface area (Å²) in [5.41, 5.74) is 0.106. The van der Waals surface area contributed by atoms with E-state index in [1.165, 1.54) is 6.07 Å². The van der Waals surface area contributed by atoms with Crippen molar-refractivity contribution in [2.45, 2.75) is 26.2 Å². The van der Waals surface area contributed by atoms with Crippen LogP contribution in [0.4, 0.5) is 11.5 Å². The van der Waals surface area contributed by atoms with Gasteiger partial charge >= 0.3 is 5.69 Å². The molecule has 110 valence electrons. The van der Waals surface area contributed by atoms with E-state index < -0.39 is 0 Å². The third-order valence-electron chi connectivity index (χ3n) is 3.69. The molecular formula is C14H22N4O2. The molecule has 1 saturated heterocycles. The average Bonchev–Trinajstić information content (AvgIpc) is 2.48. The van der Waals surface area contributed by atoms with Gasteiger partial charge in [-0.05, 0) is 44.3 Å². The number of rotatable bonds is 6. The van der Waals surface area contributed by atoms with Gasteiger partial charge in [-0.15, -0.1) is 0 Å². The van der Waals surface area contributed by atoms with Crippen molar-refractivity contribution in [1.29, 1.82) is 0 Å². The molecule has 1 N–H and O–H groups in total. The highest BCUT2D eigenvalue weighted by Gasteiger charge is 2.23. The summed E-state index contributed by atoms with van der Waals surface area (Å²) in [4.78, 5) is 17.1. The van der Waals surface area contributed by atoms with Gasteiger partial charge < -0.3 is 10.2 Å². The molecule has 0 saturated carbocycles. The van der Waals surface area contributed by atoms with Gasteiger partial charge in [0.05, 0.1) is 4.92 Å². The Morgan fingerprint density at radius 3 is 2.90 bits per heavy atom. The van der Waals surface area contributed by atoms with Crippen LogP contribution in [0.2, 0.25) is 0 Å². The van der Waals surface area contributed by atoms with Crippen molar-refractivity contribution in [3.8, 4) is 0 Å². The molecule has 0 bridgehead atoms. The molecule has 0 atom stereocenters. The second-order valence-corrected chi connectivity index (χ2v) is 5.24. The Kier molecular flexibility index (Phi) is 5.29. The van der Waals surface area contributed by atoms with Crippen molar-refractivity contribution >= 4 is 11.5 Å². The van der Waals surface area contributed by atoms with Crippen LogP contribution in [0.25, 0.3) is 0 Å². The average molecular weight is 278 g/mol. The summed E-state index contributed by atoms with van der Waals surface area (Å²) >= 11 is 0. The number of piperidine rings is 1. The SMILES string of the molecule is CCCN(CC1CCNCC1)c1ncccc1[N+](=O)[O-]. The van der Waals surface area contributed by atoms with Crippen molar-refractivity contribution < 1.29 is 4.92 Å². The lowest BCUT2D eigenvalue weighted by atomic mass is 9.97. The molecule has 1 aliphatic heterocycles. The monoisotopic (exact) mass is 278 g/mol. The molecule has 6 nitrogen and oxygen atoms in total. The van der Waals surface area contributed by atoms with Crippen LogP contribution in [0.15, 0.2) is 18.3 Å². The van der Waals surface area contributed by atoms with Gasteiger partial charge in [-0.1, -0.05) is 6.92 Å². The zero-order chi connectivity index (χ0) is 14.4. The lowest BCUT2D eigenvalue weighted by Gasteiger charge is -2.30. The van der Waals surface area contributed by atoms with Crippen LogP contribution in [0.1, 0.15) is 26.2 Å².